The molecule has 0 unspecified atom stereocenters. The SMILES string of the molecule is Clc1ccc2c(ccn2Cc2c(Cl)ccc(Cl)c2Cl)c1. The van der Waals surface area contributed by atoms with E-state index in [-0.39, 0.29) is 0 Å². The van der Waals surface area contributed by atoms with E-state index >= 15 is 0 Å². The van der Waals surface area contributed by atoms with E-state index in [9.17, 15) is 0 Å². The Kier molecular flexibility index (Phi) is 3.87. The molecule has 3 rings (SSSR count). The van der Waals surface area contributed by atoms with Crippen molar-refractivity contribution in [3.05, 3.63) is 68.2 Å². The first kappa shape index (κ1) is 14.1. The van der Waals surface area contributed by atoms with Crippen LogP contribution in [0.2, 0.25) is 20.1 Å². The van der Waals surface area contributed by atoms with E-state index in [1.807, 2.05) is 30.5 Å². The third-order valence-corrected chi connectivity index (χ3v) is 4.63. The lowest BCUT2D eigenvalue weighted by Crippen LogP contribution is -1.99. The topological polar surface area (TPSA) is 4.93 Å². The van der Waals surface area contributed by atoms with Gasteiger partial charge in [-0.25, -0.2) is 0 Å². The third-order valence-electron chi connectivity index (χ3n) is 3.20. The molecule has 0 N–H and O–H groups in total. The van der Waals surface area contributed by atoms with Crippen LogP contribution in [0.25, 0.3) is 10.9 Å². The average molecular weight is 345 g/mol. The van der Waals surface area contributed by atoms with Crippen molar-refractivity contribution in [3.63, 3.8) is 0 Å². The van der Waals surface area contributed by atoms with Gasteiger partial charge >= 0.3 is 0 Å². The first-order valence-corrected chi connectivity index (χ1v) is 7.44. The highest BCUT2D eigenvalue weighted by Gasteiger charge is 2.11. The minimum absolute atomic E-state index is 0.495. The van der Waals surface area contributed by atoms with E-state index in [0.29, 0.717) is 26.6 Å². The molecule has 0 atom stereocenters. The van der Waals surface area contributed by atoms with Crippen LogP contribution in [0.15, 0.2) is 42.6 Å². The van der Waals surface area contributed by atoms with Crippen molar-refractivity contribution in [1.82, 2.24) is 4.57 Å². The van der Waals surface area contributed by atoms with Gasteiger partial charge in [-0.15, -0.1) is 0 Å². The fraction of sp³-hybridized carbons (Fsp3) is 0.0667. The fourth-order valence-electron chi connectivity index (χ4n) is 2.19. The highest BCUT2D eigenvalue weighted by molar-refractivity contribution is 6.44. The van der Waals surface area contributed by atoms with Gasteiger partial charge in [0.05, 0.1) is 16.6 Å². The van der Waals surface area contributed by atoms with Crippen LogP contribution in [-0.4, -0.2) is 4.57 Å². The number of aromatic nitrogens is 1. The Morgan fingerprint density at radius 1 is 0.850 bits per heavy atom. The van der Waals surface area contributed by atoms with E-state index in [0.717, 1.165) is 16.5 Å². The van der Waals surface area contributed by atoms with E-state index in [2.05, 4.69) is 4.57 Å². The van der Waals surface area contributed by atoms with Crippen molar-refractivity contribution in [2.24, 2.45) is 0 Å². The number of nitrogens with zero attached hydrogens (tertiary/aromatic N) is 1. The molecule has 0 fully saturated rings. The number of fused-ring (bicyclic) bond motifs is 1. The molecular formula is C15H9Cl4N. The summed E-state index contributed by atoms with van der Waals surface area (Å²) in [6.07, 6.45) is 1.98. The van der Waals surface area contributed by atoms with Gasteiger partial charge in [-0.3, -0.25) is 0 Å². The van der Waals surface area contributed by atoms with Crippen molar-refractivity contribution < 1.29 is 0 Å². The van der Waals surface area contributed by atoms with Crippen molar-refractivity contribution in [2.45, 2.75) is 6.54 Å². The molecule has 1 aromatic heterocycles. The molecule has 3 aromatic rings. The highest BCUT2D eigenvalue weighted by atomic mass is 35.5. The Balaban J connectivity index is 2.08. The smallest absolute Gasteiger partial charge is 0.0657 e. The molecule has 2 aromatic carbocycles. The predicted molar refractivity (Wildman–Crippen MR) is 87.5 cm³/mol. The Labute approximate surface area is 136 Å². The number of hydrogen-bond acceptors (Lipinski definition) is 0. The molecule has 0 amide bonds. The lowest BCUT2D eigenvalue weighted by molar-refractivity contribution is 0.837. The standard InChI is InChI=1S/C15H9Cl4N/c16-10-1-4-14-9(7-10)5-6-20(14)8-11-12(17)2-3-13(18)15(11)19/h1-7H,8H2. The van der Waals surface area contributed by atoms with Gasteiger partial charge in [0.15, 0.2) is 0 Å². The second-order valence-electron chi connectivity index (χ2n) is 4.47. The molecule has 0 bridgehead atoms. The highest BCUT2D eigenvalue weighted by Crippen LogP contribution is 2.33. The summed E-state index contributed by atoms with van der Waals surface area (Å²) in [6, 6.07) is 11.2. The van der Waals surface area contributed by atoms with E-state index in [1.165, 1.54) is 0 Å². The van der Waals surface area contributed by atoms with Crippen molar-refractivity contribution in [2.75, 3.05) is 0 Å². The van der Waals surface area contributed by atoms with Crippen molar-refractivity contribution >= 4 is 57.3 Å². The average Bonchev–Trinajstić information content (AvgIpc) is 2.81. The minimum atomic E-state index is 0.495. The molecule has 0 spiro atoms. The lowest BCUT2D eigenvalue weighted by Gasteiger charge is -2.11. The van der Waals surface area contributed by atoms with Crippen LogP contribution in [0.1, 0.15) is 5.56 Å². The number of rotatable bonds is 2. The Morgan fingerprint density at radius 2 is 1.60 bits per heavy atom. The molecule has 1 nitrogen and oxygen atoms in total. The lowest BCUT2D eigenvalue weighted by atomic mass is 10.2. The molecule has 5 heteroatoms. The van der Waals surface area contributed by atoms with Crippen LogP contribution >= 0.6 is 46.4 Å². The molecule has 0 radical (unpaired) electrons. The van der Waals surface area contributed by atoms with E-state index in [4.69, 9.17) is 46.4 Å². The zero-order valence-corrected chi connectivity index (χ0v) is 13.2. The maximum atomic E-state index is 6.24. The first-order valence-electron chi connectivity index (χ1n) is 5.93. The summed E-state index contributed by atoms with van der Waals surface area (Å²) in [7, 11) is 0. The van der Waals surface area contributed by atoms with Gasteiger partial charge in [-0.05, 0) is 36.4 Å². The van der Waals surface area contributed by atoms with Gasteiger partial charge in [0.1, 0.15) is 0 Å². The normalized spacial score (nSPS) is 11.2. The molecule has 0 saturated heterocycles. The van der Waals surface area contributed by atoms with Crippen LogP contribution in [0.4, 0.5) is 0 Å². The maximum absolute atomic E-state index is 6.24. The minimum Gasteiger partial charge on any atom is -0.343 e. The summed E-state index contributed by atoms with van der Waals surface area (Å²) < 4.78 is 2.06. The molecular weight excluding hydrogens is 336 g/mol. The molecule has 20 heavy (non-hydrogen) atoms. The van der Waals surface area contributed by atoms with Crippen molar-refractivity contribution in [1.29, 1.82) is 0 Å². The van der Waals surface area contributed by atoms with Gasteiger partial charge < -0.3 is 4.57 Å². The fourth-order valence-corrected chi connectivity index (χ4v) is 3.04. The molecule has 0 saturated carbocycles. The summed E-state index contributed by atoms with van der Waals surface area (Å²) in [5.41, 5.74) is 1.88. The van der Waals surface area contributed by atoms with Crippen LogP contribution in [0.5, 0.6) is 0 Å². The zero-order valence-electron chi connectivity index (χ0n) is 10.2. The third kappa shape index (κ3) is 2.51. The largest absolute Gasteiger partial charge is 0.343 e. The second-order valence-corrected chi connectivity index (χ2v) is 6.10. The van der Waals surface area contributed by atoms with Gasteiger partial charge in [-0.2, -0.15) is 0 Å². The molecule has 0 aliphatic heterocycles. The molecule has 0 aliphatic carbocycles. The van der Waals surface area contributed by atoms with Crippen LogP contribution in [0.3, 0.4) is 0 Å². The predicted octanol–water partition coefficient (Wildman–Crippen LogP) is 6.30. The van der Waals surface area contributed by atoms with Crippen LogP contribution < -0.4 is 0 Å². The van der Waals surface area contributed by atoms with Gasteiger partial charge in [0.2, 0.25) is 0 Å². The van der Waals surface area contributed by atoms with E-state index in [1.54, 1.807) is 12.1 Å². The summed E-state index contributed by atoms with van der Waals surface area (Å²) in [5.74, 6) is 0. The Hall–Kier alpha value is -0.860. The molecule has 1 heterocycles. The quantitative estimate of drug-likeness (QED) is 0.480. The molecule has 0 aliphatic rings. The monoisotopic (exact) mass is 343 g/mol. The first-order chi connectivity index (χ1) is 9.56. The van der Waals surface area contributed by atoms with Crippen LogP contribution in [0, 0.1) is 0 Å². The van der Waals surface area contributed by atoms with E-state index < -0.39 is 0 Å². The van der Waals surface area contributed by atoms with Crippen LogP contribution in [-0.2, 0) is 6.54 Å². The van der Waals surface area contributed by atoms with Gasteiger partial charge in [-0.1, -0.05) is 46.4 Å². The number of benzene rings is 2. The maximum Gasteiger partial charge on any atom is 0.0657 e. The van der Waals surface area contributed by atoms with Gasteiger partial charge in [0.25, 0.3) is 0 Å². The number of hydrogen-bond donors (Lipinski definition) is 0. The summed E-state index contributed by atoms with van der Waals surface area (Å²) >= 11 is 24.5. The van der Waals surface area contributed by atoms with Crippen molar-refractivity contribution in [3.8, 4) is 0 Å². The van der Waals surface area contributed by atoms with Gasteiger partial charge in [0, 0.05) is 32.7 Å². The second kappa shape index (κ2) is 5.50. The molecule has 102 valence electrons. The summed E-state index contributed by atoms with van der Waals surface area (Å²) in [6.45, 7) is 0.559. The zero-order chi connectivity index (χ0) is 14.3. The Morgan fingerprint density at radius 3 is 2.40 bits per heavy atom. The summed E-state index contributed by atoms with van der Waals surface area (Å²) in [4.78, 5) is 0. The number of halogens is 4. The summed E-state index contributed by atoms with van der Waals surface area (Å²) in [5, 5.41) is 3.40. The Bertz CT molecular complexity index is 792.